The van der Waals surface area contributed by atoms with E-state index in [0.29, 0.717) is 17.7 Å². The summed E-state index contributed by atoms with van der Waals surface area (Å²) in [6.45, 7) is 1.96. The van der Waals surface area contributed by atoms with E-state index in [4.69, 9.17) is 14.6 Å². The second kappa shape index (κ2) is 6.05. The fourth-order valence-corrected chi connectivity index (χ4v) is 1.36. The molecule has 0 saturated carbocycles. The van der Waals surface area contributed by atoms with E-state index in [2.05, 4.69) is 5.32 Å². The quantitative estimate of drug-likeness (QED) is 0.669. The number of aliphatic hydroxyl groups is 1. The minimum atomic E-state index is -1.45. The molecule has 0 aliphatic heterocycles. The number of carbonyl (C=O) groups is 2. The van der Waals surface area contributed by atoms with Crippen LogP contribution in [0.4, 0.5) is 0 Å². The SMILES string of the molecule is CCc1occc1C(=O)NCCC(O)C(=O)O. The van der Waals surface area contributed by atoms with Gasteiger partial charge in [-0.05, 0) is 6.07 Å². The smallest absolute Gasteiger partial charge is 0.332 e. The third kappa shape index (κ3) is 3.60. The van der Waals surface area contributed by atoms with Crippen molar-refractivity contribution in [3.63, 3.8) is 0 Å². The zero-order valence-electron chi connectivity index (χ0n) is 9.47. The van der Waals surface area contributed by atoms with E-state index in [1.807, 2.05) is 6.92 Å². The summed E-state index contributed by atoms with van der Waals surface area (Å²) in [6.07, 6.45) is 0.554. The number of carboxylic acid groups (broad SMARTS) is 1. The molecule has 6 heteroatoms. The molecule has 94 valence electrons. The van der Waals surface area contributed by atoms with Gasteiger partial charge in [0.25, 0.3) is 5.91 Å². The second-order valence-corrected chi connectivity index (χ2v) is 3.51. The molecule has 0 fully saturated rings. The Morgan fingerprint density at radius 2 is 2.24 bits per heavy atom. The lowest BCUT2D eigenvalue weighted by Crippen LogP contribution is -2.30. The molecule has 0 bridgehead atoms. The highest BCUT2D eigenvalue weighted by Crippen LogP contribution is 2.10. The summed E-state index contributed by atoms with van der Waals surface area (Å²) in [6, 6.07) is 1.56. The van der Waals surface area contributed by atoms with Gasteiger partial charge in [-0.1, -0.05) is 6.92 Å². The van der Waals surface area contributed by atoms with Crippen molar-refractivity contribution in [3.05, 3.63) is 23.7 Å². The van der Waals surface area contributed by atoms with Crippen LogP contribution >= 0.6 is 0 Å². The maximum absolute atomic E-state index is 11.6. The van der Waals surface area contributed by atoms with Crippen LogP contribution < -0.4 is 5.32 Å². The van der Waals surface area contributed by atoms with Gasteiger partial charge in [0.05, 0.1) is 11.8 Å². The van der Waals surface area contributed by atoms with Crippen LogP contribution in [0.2, 0.25) is 0 Å². The molecule has 3 N–H and O–H groups in total. The van der Waals surface area contributed by atoms with Gasteiger partial charge in [-0.25, -0.2) is 4.79 Å². The van der Waals surface area contributed by atoms with Crippen molar-refractivity contribution in [2.45, 2.75) is 25.9 Å². The largest absolute Gasteiger partial charge is 0.479 e. The minimum Gasteiger partial charge on any atom is -0.479 e. The van der Waals surface area contributed by atoms with Crippen LogP contribution in [-0.2, 0) is 11.2 Å². The Labute approximate surface area is 98.2 Å². The molecule has 1 atom stereocenters. The van der Waals surface area contributed by atoms with Crippen molar-refractivity contribution in [3.8, 4) is 0 Å². The molecule has 0 aromatic carbocycles. The van der Waals surface area contributed by atoms with Crippen LogP contribution in [0.1, 0.15) is 29.5 Å². The molecule has 1 unspecified atom stereocenters. The van der Waals surface area contributed by atoms with Gasteiger partial charge >= 0.3 is 5.97 Å². The normalized spacial score (nSPS) is 12.1. The Bertz CT molecular complexity index is 398. The van der Waals surface area contributed by atoms with Gasteiger partial charge in [0.15, 0.2) is 6.10 Å². The van der Waals surface area contributed by atoms with E-state index < -0.39 is 12.1 Å². The molecule has 0 aliphatic carbocycles. The molecular weight excluding hydrogens is 226 g/mol. The highest BCUT2D eigenvalue weighted by molar-refractivity contribution is 5.95. The summed E-state index contributed by atoms with van der Waals surface area (Å²) >= 11 is 0. The number of hydrogen-bond acceptors (Lipinski definition) is 4. The molecule has 1 rings (SSSR count). The summed E-state index contributed by atoms with van der Waals surface area (Å²) in [5.74, 6) is -1.04. The third-order valence-electron chi connectivity index (χ3n) is 2.30. The van der Waals surface area contributed by atoms with Crippen LogP contribution in [0.5, 0.6) is 0 Å². The van der Waals surface area contributed by atoms with Crippen molar-refractivity contribution in [2.75, 3.05) is 6.54 Å². The number of aliphatic hydroxyl groups excluding tert-OH is 1. The Morgan fingerprint density at radius 3 is 2.82 bits per heavy atom. The van der Waals surface area contributed by atoms with Crippen molar-refractivity contribution >= 4 is 11.9 Å². The lowest BCUT2D eigenvalue weighted by Gasteiger charge is -2.07. The van der Waals surface area contributed by atoms with E-state index in [9.17, 15) is 9.59 Å². The summed E-state index contributed by atoms with van der Waals surface area (Å²) in [7, 11) is 0. The zero-order chi connectivity index (χ0) is 12.8. The molecule has 0 saturated heterocycles. The molecule has 1 aromatic rings. The van der Waals surface area contributed by atoms with Crippen LogP contribution in [-0.4, -0.2) is 34.7 Å². The number of rotatable bonds is 6. The molecule has 17 heavy (non-hydrogen) atoms. The first-order valence-electron chi connectivity index (χ1n) is 5.31. The molecule has 1 amide bonds. The van der Waals surface area contributed by atoms with Crippen molar-refractivity contribution in [2.24, 2.45) is 0 Å². The van der Waals surface area contributed by atoms with Crippen molar-refractivity contribution in [1.29, 1.82) is 0 Å². The molecular formula is C11H15NO5. The van der Waals surface area contributed by atoms with E-state index in [0.717, 1.165) is 0 Å². The lowest BCUT2D eigenvalue weighted by molar-refractivity contribution is -0.146. The van der Waals surface area contributed by atoms with E-state index in [1.54, 1.807) is 6.07 Å². The highest BCUT2D eigenvalue weighted by Gasteiger charge is 2.15. The zero-order valence-corrected chi connectivity index (χ0v) is 9.47. The molecule has 1 aromatic heterocycles. The molecule has 6 nitrogen and oxygen atoms in total. The van der Waals surface area contributed by atoms with Gasteiger partial charge in [-0.3, -0.25) is 4.79 Å². The number of carboxylic acids is 1. The molecule has 1 heterocycles. The number of nitrogens with one attached hydrogen (secondary N) is 1. The van der Waals surface area contributed by atoms with Crippen molar-refractivity contribution < 1.29 is 24.2 Å². The number of aliphatic carboxylic acids is 1. The summed E-state index contributed by atoms with van der Waals surface area (Å²) in [5.41, 5.74) is 0.442. The Kier molecular flexibility index (Phi) is 4.71. The van der Waals surface area contributed by atoms with E-state index >= 15 is 0 Å². The number of amides is 1. The Hall–Kier alpha value is -1.82. The van der Waals surface area contributed by atoms with Gasteiger partial charge in [-0.2, -0.15) is 0 Å². The predicted molar refractivity (Wildman–Crippen MR) is 58.7 cm³/mol. The predicted octanol–water partition coefficient (Wildman–Crippen LogP) is 0.407. The molecule has 0 spiro atoms. The summed E-state index contributed by atoms with van der Waals surface area (Å²) in [5, 5.41) is 20.0. The topological polar surface area (TPSA) is 99.8 Å². The van der Waals surface area contributed by atoms with Gasteiger partial charge in [0.2, 0.25) is 0 Å². The third-order valence-corrected chi connectivity index (χ3v) is 2.30. The van der Waals surface area contributed by atoms with Crippen LogP contribution in [0.25, 0.3) is 0 Å². The number of aryl methyl sites for hydroxylation is 1. The summed E-state index contributed by atoms with van der Waals surface area (Å²) < 4.78 is 5.10. The van der Waals surface area contributed by atoms with Gasteiger partial charge in [-0.15, -0.1) is 0 Å². The van der Waals surface area contributed by atoms with Gasteiger partial charge in [0.1, 0.15) is 5.76 Å². The maximum atomic E-state index is 11.6. The molecule has 0 radical (unpaired) electrons. The average molecular weight is 241 g/mol. The number of hydrogen-bond donors (Lipinski definition) is 3. The fraction of sp³-hybridized carbons (Fsp3) is 0.455. The number of furan rings is 1. The Morgan fingerprint density at radius 1 is 1.53 bits per heavy atom. The standard InChI is InChI=1S/C11H15NO5/c1-2-9-7(4-6-17-9)10(14)12-5-3-8(13)11(15)16/h4,6,8,13H,2-3,5H2,1H3,(H,12,14)(H,15,16). The van der Waals surface area contributed by atoms with E-state index in [-0.39, 0.29) is 18.9 Å². The van der Waals surface area contributed by atoms with Crippen LogP contribution in [0.3, 0.4) is 0 Å². The number of carbonyl (C=O) groups excluding carboxylic acids is 1. The van der Waals surface area contributed by atoms with Crippen molar-refractivity contribution in [1.82, 2.24) is 5.32 Å². The summed E-state index contributed by atoms with van der Waals surface area (Å²) in [4.78, 5) is 22.0. The lowest BCUT2D eigenvalue weighted by atomic mass is 10.2. The first-order valence-corrected chi connectivity index (χ1v) is 5.31. The molecule has 0 aliphatic rings. The monoisotopic (exact) mass is 241 g/mol. The van der Waals surface area contributed by atoms with Gasteiger partial charge in [0, 0.05) is 19.4 Å². The van der Waals surface area contributed by atoms with Gasteiger partial charge < -0.3 is 19.9 Å². The second-order valence-electron chi connectivity index (χ2n) is 3.51. The first kappa shape index (κ1) is 13.2. The fourth-order valence-electron chi connectivity index (χ4n) is 1.36. The minimum absolute atomic E-state index is 0.0274. The maximum Gasteiger partial charge on any atom is 0.332 e. The first-order chi connectivity index (χ1) is 8.06. The van der Waals surface area contributed by atoms with Crippen LogP contribution in [0, 0.1) is 0 Å². The van der Waals surface area contributed by atoms with E-state index in [1.165, 1.54) is 6.26 Å². The average Bonchev–Trinajstić information content (AvgIpc) is 2.76. The highest BCUT2D eigenvalue weighted by atomic mass is 16.4. The van der Waals surface area contributed by atoms with Crippen LogP contribution in [0.15, 0.2) is 16.7 Å². The Balaban J connectivity index is 2.43.